The molecule has 7 heteroatoms. The fourth-order valence-corrected chi connectivity index (χ4v) is 3.27. The van der Waals surface area contributed by atoms with Crippen LogP contribution in [0.1, 0.15) is 27.7 Å². The molecule has 0 radical (unpaired) electrons. The smallest absolute Gasteiger partial charge is 0.338 e. The average molecular weight is 268 g/mol. The number of hydrogen-bond acceptors (Lipinski definition) is 6. The minimum Gasteiger partial charge on any atom is -0.467 e. The number of esters is 1. The minimum atomic E-state index is -3.55. The van der Waals surface area contributed by atoms with Gasteiger partial charge in [0.25, 0.3) is 0 Å². The summed E-state index contributed by atoms with van der Waals surface area (Å²) in [6.45, 7) is 6.31. The molecule has 0 aliphatic carbocycles. The van der Waals surface area contributed by atoms with Crippen molar-refractivity contribution in [2.45, 2.75) is 39.0 Å². The van der Waals surface area contributed by atoms with Gasteiger partial charge in [-0.1, -0.05) is 0 Å². The van der Waals surface area contributed by atoms with Crippen LogP contribution >= 0.6 is 7.60 Å². The molecule has 0 aromatic rings. The Morgan fingerprint density at radius 2 is 1.76 bits per heavy atom. The molecule has 0 saturated heterocycles. The highest BCUT2D eigenvalue weighted by molar-refractivity contribution is 7.54. The Labute approximate surface area is 102 Å². The third-order valence-corrected chi connectivity index (χ3v) is 5.19. The molecule has 0 bridgehead atoms. The Bertz CT molecular complexity index is 291. The number of carbonyl (C=O) groups is 1. The predicted octanol–water partition coefficient (Wildman–Crippen LogP) is 1.56. The van der Waals surface area contributed by atoms with Gasteiger partial charge in [-0.3, -0.25) is 4.57 Å². The van der Waals surface area contributed by atoms with E-state index < -0.39 is 24.8 Å². The van der Waals surface area contributed by atoms with Crippen molar-refractivity contribution in [3.8, 4) is 0 Å². The lowest BCUT2D eigenvalue weighted by molar-refractivity contribution is -0.160. The van der Waals surface area contributed by atoms with Crippen molar-refractivity contribution in [2.24, 2.45) is 0 Å². The average Bonchev–Trinajstić information content (AvgIpc) is 2.27. The van der Waals surface area contributed by atoms with Crippen molar-refractivity contribution >= 4 is 13.6 Å². The zero-order valence-corrected chi connectivity index (χ0v) is 11.8. The number of rotatable bonds is 7. The molecule has 2 atom stereocenters. The number of carbonyl (C=O) groups excluding carboxylic acids is 1. The first kappa shape index (κ1) is 16.6. The highest BCUT2D eigenvalue weighted by Crippen LogP contribution is 2.56. The van der Waals surface area contributed by atoms with Gasteiger partial charge < -0.3 is 18.9 Å². The van der Waals surface area contributed by atoms with Crippen LogP contribution in [-0.4, -0.2) is 42.7 Å². The molecule has 0 saturated carbocycles. The van der Waals surface area contributed by atoms with E-state index in [9.17, 15) is 14.5 Å². The summed E-state index contributed by atoms with van der Waals surface area (Å²) in [6.07, 6.45) is 0. The summed E-state index contributed by atoms with van der Waals surface area (Å²) < 4.78 is 27.0. The van der Waals surface area contributed by atoms with Crippen molar-refractivity contribution in [3.63, 3.8) is 0 Å². The van der Waals surface area contributed by atoms with E-state index in [1.165, 1.54) is 13.8 Å². The lowest BCUT2D eigenvalue weighted by Gasteiger charge is -2.32. The van der Waals surface area contributed by atoms with Gasteiger partial charge >= 0.3 is 13.6 Å². The van der Waals surface area contributed by atoms with Gasteiger partial charge in [0.05, 0.1) is 26.0 Å². The molecule has 1 N–H and O–H groups in total. The molecule has 6 nitrogen and oxygen atoms in total. The quantitative estimate of drug-likeness (QED) is 0.557. The van der Waals surface area contributed by atoms with E-state index in [1.807, 2.05) is 0 Å². The van der Waals surface area contributed by atoms with Crippen LogP contribution in [0.5, 0.6) is 0 Å². The number of hydrogen-bond donors (Lipinski definition) is 1. The summed E-state index contributed by atoms with van der Waals surface area (Å²) in [5.74, 6) is -0.871. The second-order valence-electron chi connectivity index (χ2n) is 3.69. The van der Waals surface area contributed by atoms with Crippen LogP contribution in [-0.2, 0) is 23.1 Å². The van der Waals surface area contributed by atoms with Gasteiger partial charge in [0, 0.05) is 0 Å². The normalized spacial score (nSPS) is 17.3. The monoisotopic (exact) mass is 268 g/mol. The largest absolute Gasteiger partial charge is 0.467 e. The van der Waals surface area contributed by atoms with E-state index in [0.29, 0.717) is 0 Å². The van der Waals surface area contributed by atoms with E-state index in [-0.39, 0.29) is 13.2 Å². The molecule has 0 aliphatic heterocycles. The topological polar surface area (TPSA) is 82.1 Å². The molecule has 0 fully saturated rings. The Balaban J connectivity index is 5.14. The molecule has 0 aromatic heterocycles. The predicted molar refractivity (Wildman–Crippen MR) is 63.0 cm³/mol. The van der Waals surface area contributed by atoms with Crippen molar-refractivity contribution in [1.29, 1.82) is 0 Å². The molecule has 0 spiro atoms. The van der Waals surface area contributed by atoms with E-state index in [0.717, 1.165) is 7.11 Å². The maximum Gasteiger partial charge on any atom is 0.338 e. The van der Waals surface area contributed by atoms with Crippen LogP contribution in [0.25, 0.3) is 0 Å². The Morgan fingerprint density at radius 3 is 2.06 bits per heavy atom. The van der Waals surface area contributed by atoms with Gasteiger partial charge in [0.15, 0.2) is 5.60 Å². The standard InChI is InChI=1S/C10H21O6P/c1-6-15-17(13,16-7-2)8(3)10(4,12)9(11)14-5/h8,12H,6-7H2,1-5H3. The molecule has 0 rings (SSSR count). The first-order chi connectivity index (χ1) is 7.76. The maximum absolute atomic E-state index is 12.4. The maximum atomic E-state index is 12.4. The van der Waals surface area contributed by atoms with Gasteiger partial charge in [-0.25, -0.2) is 4.79 Å². The van der Waals surface area contributed by atoms with Crippen molar-refractivity contribution in [3.05, 3.63) is 0 Å². The second kappa shape index (κ2) is 6.50. The van der Waals surface area contributed by atoms with Gasteiger partial charge in [-0.05, 0) is 27.7 Å². The molecule has 0 aliphatic rings. The van der Waals surface area contributed by atoms with Gasteiger partial charge in [0.1, 0.15) is 0 Å². The van der Waals surface area contributed by atoms with E-state index in [2.05, 4.69) is 4.74 Å². The van der Waals surface area contributed by atoms with Crippen LogP contribution in [0.15, 0.2) is 0 Å². The highest BCUT2D eigenvalue weighted by Gasteiger charge is 2.49. The second-order valence-corrected chi connectivity index (χ2v) is 6.06. The first-order valence-electron chi connectivity index (χ1n) is 5.45. The first-order valence-corrected chi connectivity index (χ1v) is 7.07. The third kappa shape index (κ3) is 3.78. The fraction of sp³-hybridized carbons (Fsp3) is 0.900. The number of aliphatic hydroxyl groups is 1. The molecule has 0 aromatic carbocycles. The lowest BCUT2D eigenvalue weighted by Crippen LogP contribution is -2.46. The summed E-state index contributed by atoms with van der Waals surface area (Å²) in [7, 11) is -2.40. The van der Waals surface area contributed by atoms with Gasteiger partial charge in [0.2, 0.25) is 0 Å². The van der Waals surface area contributed by atoms with Crippen LogP contribution in [0.3, 0.4) is 0 Å². The molecule has 2 unspecified atom stereocenters. The Morgan fingerprint density at radius 1 is 1.35 bits per heavy atom. The number of methoxy groups -OCH3 is 1. The molecular formula is C10H21O6P. The van der Waals surface area contributed by atoms with Gasteiger partial charge in [-0.15, -0.1) is 0 Å². The molecular weight excluding hydrogens is 247 g/mol. The summed E-state index contributed by atoms with van der Waals surface area (Å²) in [4.78, 5) is 11.4. The minimum absolute atomic E-state index is 0.166. The summed E-state index contributed by atoms with van der Waals surface area (Å²) >= 11 is 0. The van der Waals surface area contributed by atoms with E-state index in [4.69, 9.17) is 9.05 Å². The number of ether oxygens (including phenoxy) is 1. The van der Waals surface area contributed by atoms with E-state index >= 15 is 0 Å². The Kier molecular flexibility index (Phi) is 6.34. The third-order valence-electron chi connectivity index (χ3n) is 2.50. The van der Waals surface area contributed by atoms with Crippen LogP contribution in [0.2, 0.25) is 0 Å². The van der Waals surface area contributed by atoms with Gasteiger partial charge in [-0.2, -0.15) is 0 Å². The summed E-state index contributed by atoms with van der Waals surface area (Å²) in [5, 5.41) is 10.0. The molecule has 102 valence electrons. The van der Waals surface area contributed by atoms with Crippen molar-refractivity contribution < 1.29 is 28.3 Å². The zero-order valence-electron chi connectivity index (χ0n) is 10.9. The van der Waals surface area contributed by atoms with Crippen molar-refractivity contribution in [1.82, 2.24) is 0 Å². The Hall–Kier alpha value is -0.420. The van der Waals surface area contributed by atoms with Crippen LogP contribution in [0.4, 0.5) is 0 Å². The zero-order chi connectivity index (χ0) is 13.7. The fourth-order valence-electron chi connectivity index (χ4n) is 1.31. The summed E-state index contributed by atoms with van der Waals surface area (Å²) in [5.41, 5.74) is -2.93. The molecule has 17 heavy (non-hydrogen) atoms. The summed E-state index contributed by atoms with van der Waals surface area (Å²) in [6, 6.07) is 0. The SMILES string of the molecule is CCOP(=O)(OCC)C(C)C(C)(O)C(=O)OC. The lowest BCUT2D eigenvalue weighted by atomic mass is 10.0. The van der Waals surface area contributed by atoms with Crippen LogP contribution < -0.4 is 0 Å². The molecule has 0 amide bonds. The highest BCUT2D eigenvalue weighted by atomic mass is 31.2. The molecule has 0 heterocycles. The van der Waals surface area contributed by atoms with Crippen molar-refractivity contribution in [2.75, 3.05) is 20.3 Å². The van der Waals surface area contributed by atoms with E-state index in [1.54, 1.807) is 13.8 Å². The van der Waals surface area contributed by atoms with Crippen LogP contribution in [0, 0.1) is 0 Å².